The van der Waals surface area contributed by atoms with Crippen LogP contribution in [0.3, 0.4) is 0 Å². The van der Waals surface area contributed by atoms with Gasteiger partial charge in [-0.25, -0.2) is 9.97 Å². The Morgan fingerprint density at radius 2 is 1.25 bits per heavy atom. The fraction of sp³-hybridized carbons (Fsp3) is 0.0484. The van der Waals surface area contributed by atoms with E-state index in [1.54, 1.807) is 0 Å². The number of imidazole rings is 1. The van der Waals surface area contributed by atoms with Crippen LogP contribution < -0.4 is 0 Å². The van der Waals surface area contributed by atoms with E-state index in [-0.39, 0.29) is 0 Å². The van der Waals surface area contributed by atoms with E-state index in [1.807, 2.05) is 36.8 Å². The van der Waals surface area contributed by atoms with Crippen LogP contribution in [-0.4, -0.2) is 29.1 Å². The Labute approximate surface area is 396 Å². The summed E-state index contributed by atoms with van der Waals surface area (Å²) in [5.74, 6) is 1.66. The number of hydrogen-bond donors (Lipinski definition) is 1. The number of nitrogens with zero attached hydrogens (tertiary/aromatic N) is 5. The molecular formula is C62H42N6O. The predicted octanol–water partition coefficient (Wildman–Crippen LogP) is 16.0. The number of pyridine rings is 2. The molecule has 0 aliphatic carbocycles. The van der Waals surface area contributed by atoms with E-state index in [1.165, 1.54) is 33.2 Å². The fourth-order valence-corrected chi connectivity index (χ4v) is 11.2. The molecule has 0 spiro atoms. The molecule has 0 saturated heterocycles. The highest BCUT2D eigenvalue weighted by Crippen LogP contribution is 2.46. The first-order valence-corrected chi connectivity index (χ1v) is 23.4. The van der Waals surface area contributed by atoms with Crippen molar-refractivity contribution in [1.29, 1.82) is 0 Å². The van der Waals surface area contributed by atoms with E-state index in [4.69, 9.17) is 14.4 Å². The molecule has 0 atom stereocenters. The number of hydrogen-bond acceptors (Lipinski definition) is 4. The highest BCUT2D eigenvalue weighted by atomic mass is 16.3. The lowest BCUT2D eigenvalue weighted by Gasteiger charge is -2.13. The van der Waals surface area contributed by atoms with Crippen molar-refractivity contribution < 1.29 is 4.42 Å². The van der Waals surface area contributed by atoms with Gasteiger partial charge in [-0.3, -0.25) is 14.1 Å². The number of benzene rings is 8. The Balaban J connectivity index is 1.08. The van der Waals surface area contributed by atoms with E-state index in [0.717, 1.165) is 116 Å². The van der Waals surface area contributed by atoms with Crippen LogP contribution in [0.4, 0.5) is 0 Å². The van der Waals surface area contributed by atoms with Crippen molar-refractivity contribution in [2.45, 2.75) is 20.8 Å². The summed E-state index contributed by atoms with van der Waals surface area (Å²) in [4.78, 5) is 18.9. The first-order chi connectivity index (χ1) is 33.9. The standard InChI is InChI=1S/C62H42N6O/c1-36-30-37(2)57(38(3)31-36)42-21-23-53-50(32-42)45-22-20-41(33-54(45)68(53)56-34-40(26-29-64-56)39-24-27-63-28-25-39)49-35-51-46-15-8-10-19-55(46)69-61(51)60-59(49)66-62(67(60)43-12-5-4-6-13-43)48-17-11-16-47-44-14-7-9-18-52(44)65-58(47)48/h4-35,65H,1-3H3. The summed E-state index contributed by atoms with van der Waals surface area (Å²) in [7, 11) is 0. The number of nitrogens with one attached hydrogen (secondary N) is 1. The number of rotatable bonds is 6. The molecule has 0 bridgehead atoms. The van der Waals surface area contributed by atoms with Gasteiger partial charge in [0.05, 0.1) is 16.6 Å². The first kappa shape index (κ1) is 39.1. The lowest BCUT2D eigenvalue weighted by atomic mass is 9.93. The van der Waals surface area contributed by atoms with Gasteiger partial charge in [0.2, 0.25) is 0 Å². The largest absolute Gasteiger partial charge is 0.454 e. The Hall–Kier alpha value is -9.07. The number of furan rings is 1. The molecule has 14 rings (SSSR count). The molecule has 0 aliphatic rings. The summed E-state index contributed by atoms with van der Waals surface area (Å²) < 4.78 is 11.5. The van der Waals surface area contributed by atoms with Gasteiger partial charge < -0.3 is 9.40 Å². The molecule has 0 saturated carbocycles. The molecule has 0 radical (unpaired) electrons. The molecule has 7 heteroatoms. The van der Waals surface area contributed by atoms with Crippen LogP contribution in [-0.2, 0) is 0 Å². The number of fused-ring (bicyclic) bond motifs is 11. The van der Waals surface area contributed by atoms with Crippen molar-refractivity contribution in [2.75, 3.05) is 0 Å². The third-order valence-electron chi connectivity index (χ3n) is 14.1. The van der Waals surface area contributed by atoms with Crippen LogP contribution in [0.1, 0.15) is 16.7 Å². The van der Waals surface area contributed by atoms with Gasteiger partial charge in [-0.05, 0) is 139 Å². The molecule has 0 aliphatic heterocycles. The van der Waals surface area contributed by atoms with Crippen LogP contribution in [0.25, 0.3) is 133 Å². The lowest BCUT2D eigenvalue weighted by Crippen LogP contribution is -1.98. The van der Waals surface area contributed by atoms with E-state index < -0.39 is 0 Å². The molecule has 0 amide bonds. The zero-order chi connectivity index (χ0) is 45.9. The summed E-state index contributed by atoms with van der Waals surface area (Å²) in [5.41, 5.74) is 20.1. The molecule has 14 aromatic rings. The third-order valence-corrected chi connectivity index (χ3v) is 14.1. The van der Waals surface area contributed by atoms with Crippen molar-refractivity contribution in [1.82, 2.24) is 29.1 Å². The molecule has 0 fully saturated rings. The van der Waals surface area contributed by atoms with Crippen molar-refractivity contribution in [3.8, 4) is 56.3 Å². The molecule has 7 nitrogen and oxygen atoms in total. The molecule has 69 heavy (non-hydrogen) atoms. The molecule has 0 unspecified atom stereocenters. The normalized spacial score (nSPS) is 12.0. The van der Waals surface area contributed by atoms with Gasteiger partial charge in [0.15, 0.2) is 5.58 Å². The second kappa shape index (κ2) is 15.0. The predicted molar refractivity (Wildman–Crippen MR) is 284 cm³/mol. The maximum Gasteiger partial charge on any atom is 0.161 e. The summed E-state index contributed by atoms with van der Waals surface area (Å²) in [6.07, 6.45) is 5.59. The first-order valence-electron chi connectivity index (χ1n) is 23.4. The maximum atomic E-state index is 6.92. The van der Waals surface area contributed by atoms with Gasteiger partial charge >= 0.3 is 0 Å². The number of aromatic nitrogens is 6. The monoisotopic (exact) mass is 886 g/mol. The SMILES string of the molecule is Cc1cc(C)c(-c2ccc3c(c2)c2ccc(-c4cc5c6ccccc6oc5c5c4nc(-c4cccc6c4[nH]c4ccccc46)n5-c4ccccc4)cc2n3-c2cc(-c3ccncc3)ccn2)c(C)c1. The summed E-state index contributed by atoms with van der Waals surface area (Å²) >= 11 is 0. The summed E-state index contributed by atoms with van der Waals surface area (Å²) in [6, 6.07) is 62.9. The quantitative estimate of drug-likeness (QED) is 0.180. The van der Waals surface area contributed by atoms with Crippen LogP contribution in [0, 0.1) is 20.8 Å². The lowest BCUT2D eigenvalue weighted by molar-refractivity contribution is 0.671. The molecule has 6 aromatic heterocycles. The minimum Gasteiger partial charge on any atom is -0.454 e. The number of aromatic amines is 1. The zero-order valence-electron chi connectivity index (χ0n) is 38.1. The van der Waals surface area contributed by atoms with Crippen molar-refractivity contribution in [3.63, 3.8) is 0 Å². The zero-order valence-corrected chi connectivity index (χ0v) is 38.1. The highest BCUT2D eigenvalue weighted by molar-refractivity contribution is 6.20. The molecule has 326 valence electrons. The highest BCUT2D eigenvalue weighted by Gasteiger charge is 2.26. The van der Waals surface area contributed by atoms with Crippen molar-refractivity contribution in [3.05, 3.63) is 211 Å². The van der Waals surface area contributed by atoms with Crippen LogP contribution in [0.15, 0.2) is 199 Å². The Morgan fingerprint density at radius 3 is 2.10 bits per heavy atom. The van der Waals surface area contributed by atoms with Crippen LogP contribution in [0.2, 0.25) is 0 Å². The minimum atomic E-state index is 0.794. The topological polar surface area (TPSA) is 77.5 Å². The number of H-pyrrole nitrogens is 1. The van der Waals surface area contributed by atoms with Crippen LogP contribution >= 0.6 is 0 Å². The van der Waals surface area contributed by atoms with E-state index in [2.05, 4.69) is 198 Å². The van der Waals surface area contributed by atoms with E-state index in [9.17, 15) is 0 Å². The maximum absolute atomic E-state index is 6.92. The minimum absolute atomic E-state index is 0.794. The Morgan fingerprint density at radius 1 is 0.493 bits per heavy atom. The number of para-hydroxylation sites is 4. The fourth-order valence-electron chi connectivity index (χ4n) is 11.2. The van der Waals surface area contributed by atoms with Crippen molar-refractivity contribution >= 4 is 76.6 Å². The van der Waals surface area contributed by atoms with Gasteiger partial charge in [-0.2, -0.15) is 0 Å². The molecule has 6 heterocycles. The second-order valence-corrected chi connectivity index (χ2v) is 18.3. The van der Waals surface area contributed by atoms with E-state index >= 15 is 0 Å². The number of aryl methyl sites for hydroxylation is 3. The van der Waals surface area contributed by atoms with Gasteiger partial charge in [-0.1, -0.05) is 103 Å². The van der Waals surface area contributed by atoms with Crippen molar-refractivity contribution in [2.24, 2.45) is 0 Å². The van der Waals surface area contributed by atoms with Crippen LogP contribution in [0.5, 0.6) is 0 Å². The van der Waals surface area contributed by atoms with Gasteiger partial charge in [0, 0.05) is 73.2 Å². The van der Waals surface area contributed by atoms with Gasteiger partial charge in [0.25, 0.3) is 0 Å². The average Bonchev–Trinajstić information content (AvgIpc) is 4.15. The van der Waals surface area contributed by atoms with Gasteiger partial charge in [-0.15, -0.1) is 0 Å². The Kier molecular flexibility index (Phi) is 8.49. The molecule has 8 aromatic carbocycles. The van der Waals surface area contributed by atoms with Gasteiger partial charge in [0.1, 0.15) is 28.3 Å². The molecular weight excluding hydrogens is 845 g/mol. The Bertz CT molecular complexity index is 4380. The van der Waals surface area contributed by atoms with E-state index in [0.29, 0.717) is 0 Å². The average molecular weight is 887 g/mol. The third kappa shape index (κ3) is 5.97. The smallest absolute Gasteiger partial charge is 0.161 e. The summed E-state index contributed by atoms with van der Waals surface area (Å²) in [6.45, 7) is 6.60. The molecule has 1 N–H and O–H groups in total. The second-order valence-electron chi connectivity index (χ2n) is 18.3. The summed E-state index contributed by atoms with van der Waals surface area (Å²) in [5, 5.41) is 6.71.